The summed E-state index contributed by atoms with van der Waals surface area (Å²) in [7, 11) is 1.18. The summed E-state index contributed by atoms with van der Waals surface area (Å²) in [5.74, 6) is 2.80. The van der Waals surface area contributed by atoms with Crippen molar-refractivity contribution < 1.29 is 22.6 Å². The van der Waals surface area contributed by atoms with E-state index < -0.39 is 10.0 Å². The lowest BCUT2D eigenvalue weighted by Gasteiger charge is -2.16. The van der Waals surface area contributed by atoms with Crippen LogP contribution in [0.5, 0.6) is 17.2 Å². The van der Waals surface area contributed by atoms with Gasteiger partial charge >= 0.3 is 0 Å². The number of benzene rings is 2. The van der Waals surface area contributed by atoms with Crippen LogP contribution in [0.4, 0.5) is 17.3 Å². The van der Waals surface area contributed by atoms with Crippen molar-refractivity contribution in [2.45, 2.75) is 6.42 Å². The fourth-order valence-corrected chi connectivity index (χ4v) is 4.05. The average molecular weight is 485 g/mol. The van der Waals surface area contributed by atoms with E-state index in [1.54, 1.807) is 55.3 Å². The highest BCUT2D eigenvalue weighted by atomic mass is 32.2. The summed E-state index contributed by atoms with van der Waals surface area (Å²) < 4.78 is 44.0. The van der Waals surface area contributed by atoms with E-state index in [2.05, 4.69) is 25.0 Å². The number of sulfonamides is 1. The van der Waals surface area contributed by atoms with Gasteiger partial charge in [0.1, 0.15) is 5.82 Å². The third kappa shape index (κ3) is 4.96. The molecule has 0 atom stereocenters. The van der Waals surface area contributed by atoms with Crippen LogP contribution in [0.1, 0.15) is 11.4 Å². The summed E-state index contributed by atoms with van der Waals surface area (Å²) in [6.45, 7) is 0. The lowest BCUT2D eigenvalue weighted by atomic mass is 10.1. The smallest absolute Gasteiger partial charge is 0.238 e. The number of para-hydroxylation sites is 1. The molecule has 2 N–H and O–H groups in total. The fourth-order valence-electron chi connectivity index (χ4n) is 3.45. The first-order valence-corrected chi connectivity index (χ1v) is 12.0. The van der Waals surface area contributed by atoms with Crippen LogP contribution in [0, 0.1) is 0 Å². The molecule has 34 heavy (non-hydrogen) atoms. The quantitative estimate of drug-likeness (QED) is 0.368. The van der Waals surface area contributed by atoms with Gasteiger partial charge < -0.3 is 19.5 Å². The van der Waals surface area contributed by atoms with Crippen LogP contribution >= 0.6 is 0 Å². The zero-order valence-corrected chi connectivity index (χ0v) is 19.9. The van der Waals surface area contributed by atoms with Gasteiger partial charge in [0.15, 0.2) is 11.5 Å². The van der Waals surface area contributed by atoms with Crippen molar-refractivity contribution in [1.82, 2.24) is 19.4 Å². The molecule has 11 nitrogen and oxygen atoms in total. The Balaban J connectivity index is 1.73. The largest absolute Gasteiger partial charge is 0.493 e. The minimum absolute atomic E-state index is 0.284. The Morgan fingerprint density at radius 1 is 1.00 bits per heavy atom. The summed E-state index contributed by atoms with van der Waals surface area (Å²) in [5.41, 5.74) is 1.84. The SMILES string of the molecule is COc1cc(Nc2nc(Cc3ccccc3NS(C)(=O)=O)nc3nccn23)cc(OC)c1OC. The molecule has 0 amide bonds. The molecule has 4 aromatic rings. The normalized spacial score (nSPS) is 11.3. The summed E-state index contributed by atoms with van der Waals surface area (Å²) in [6, 6.07) is 10.6. The number of nitrogens with one attached hydrogen (secondary N) is 2. The van der Waals surface area contributed by atoms with Gasteiger partial charge in [-0.15, -0.1) is 0 Å². The third-order valence-corrected chi connectivity index (χ3v) is 5.49. The van der Waals surface area contributed by atoms with E-state index in [9.17, 15) is 8.42 Å². The van der Waals surface area contributed by atoms with Crippen LogP contribution in [-0.2, 0) is 16.4 Å². The fraction of sp³-hybridized carbons (Fsp3) is 0.227. The van der Waals surface area contributed by atoms with Crippen molar-refractivity contribution in [3.05, 3.63) is 60.2 Å². The molecule has 0 saturated heterocycles. The molecule has 0 unspecified atom stereocenters. The molecular formula is C22H24N6O5S. The number of fused-ring (bicyclic) bond motifs is 1. The van der Waals surface area contributed by atoms with E-state index in [0.29, 0.717) is 46.2 Å². The molecule has 0 saturated carbocycles. The highest BCUT2D eigenvalue weighted by molar-refractivity contribution is 7.92. The Morgan fingerprint density at radius 3 is 2.35 bits per heavy atom. The van der Waals surface area contributed by atoms with E-state index in [4.69, 9.17) is 14.2 Å². The monoisotopic (exact) mass is 484 g/mol. The van der Waals surface area contributed by atoms with Gasteiger partial charge in [0, 0.05) is 36.6 Å². The van der Waals surface area contributed by atoms with Crippen LogP contribution in [-0.4, -0.2) is 55.4 Å². The third-order valence-electron chi connectivity index (χ3n) is 4.90. The average Bonchev–Trinajstić information content (AvgIpc) is 3.27. The number of hydrogen-bond acceptors (Lipinski definition) is 9. The highest BCUT2D eigenvalue weighted by Gasteiger charge is 2.16. The second kappa shape index (κ2) is 9.43. The van der Waals surface area contributed by atoms with E-state index in [1.807, 2.05) is 12.1 Å². The molecule has 0 spiro atoms. The second-order valence-corrected chi connectivity index (χ2v) is 9.06. The number of rotatable bonds is 9. The molecule has 4 rings (SSSR count). The first-order valence-electron chi connectivity index (χ1n) is 10.1. The minimum Gasteiger partial charge on any atom is -0.493 e. The maximum Gasteiger partial charge on any atom is 0.238 e. The van der Waals surface area contributed by atoms with E-state index in [0.717, 1.165) is 11.8 Å². The van der Waals surface area contributed by atoms with Gasteiger partial charge in [-0.05, 0) is 11.6 Å². The molecule has 0 aliphatic carbocycles. The molecule has 12 heteroatoms. The summed E-state index contributed by atoms with van der Waals surface area (Å²) in [6.07, 6.45) is 4.74. The highest BCUT2D eigenvalue weighted by Crippen LogP contribution is 2.40. The number of methoxy groups -OCH3 is 3. The molecule has 0 aliphatic rings. The molecular weight excluding hydrogens is 460 g/mol. The van der Waals surface area contributed by atoms with Gasteiger partial charge in [0.2, 0.25) is 27.5 Å². The van der Waals surface area contributed by atoms with Crippen LogP contribution in [0.3, 0.4) is 0 Å². The van der Waals surface area contributed by atoms with Crippen molar-refractivity contribution >= 4 is 33.1 Å². The van der Waals surface area contributed by atoms with Gasteiger partial charge in [-0.2, -0.15) is 9.97 Å². The van der Waals surface area contributed by atoms with Crippen LogP contribution < -0.4 is 24.2 Å². The summed E-state index contributed by atoms with van der Waals surface area (Å²) in [4.78, 5) is 13.5. The van der Waals surface area contributed by atoms with Gasteiger partial charge in [0.05, 0.1) is 33.3 Å². The van der Waals surface area contributed by atoms with Gasteiger partial charge in [0.25, 0.3) is 0 Å². The van der Waals surface area contributed by atoms with Gasteiger partial charge in [-0.1, -0.05) is 18.2 Å². The first-order chi connectivity index (χ1) is 16.3. The topological polar surface area (TPSA) is 129 Å². The summed E-state index contributed by atoms with van der Waals surface area (Å²) in [5, 5.41) is 3.26. The van der Waals surface area contributed by atoms with Crippen molar-refractivity contribution in [2.75, 3.05) is 37.6 Å². The molecule has 0 aliphatic heterocycles. The Hall–Kier alpha value is -4.06. The summed E-state index contributed by atoms with van der Waals surface area (Å²) >= 11 is 0. The second-order valence-electron chi connectivity index (χ2n) is 7.31. The predicted molar refractivity (Wildman–Crippen MR) is 128 cm³/mol. The lowest BCUT2D eigenvalue weighted by molar-refractivity contribution is 0.324. The van der Waals surface area contributed by atoms with E-state index >= 15 is 0 Å². The van der Waals surface area contributed by atoms with Gasteiger partial charge in [-0.3, -0.25) is 9.12 Å². The molecule has 0 fully saturated rings. The number of hydrogen-bond donors (Lipinski definition) is 2. The van der Waals surface area contributed by atoms with Gasteiger partial charge in [-0.25, -0.2) is 13.4 Å². The van der Waals surface area contributed by atoms with Crippen LogP contribution in [0.15, 0.2) is 48.8 Å². The molecule has 178 valence electrons. The number of ether oxygens (including phenoxy) is 3. The maximum absolute atomic E-state index is 11.8. The van der Waals surface area contributed by atoms with Crippen molar-refractivity contribution in [3.8, 4) is 17.2 Å². The minimum atomic E-state index is -3.44. The Kier molecular flexibility index (Phi) is 6.41. The lowest BCUT2D eigenvalue weighted by Crippen LogP contribution is -2.12. The van der Waals surface area contributed by atoms with Crippen molar-refractivity contribution in [3.63, 3.8) is 0 Å². The van der Waals surface area contributed by atoms with Crippen LogP contribution in [0.25, 0.3) is 5.78 Å². The standard InChI is InChI=1S/C22H24N6O5S/c1-31-17-12-15(13-18(32-2)20(17)33-3)24-22-26-19(25-21-23-9-10-28(21)22)11-14-7-5-6-8-16(14)27-34(4,29)30/h5-10,12-13,27H,11H2,1-4H3,(H,23,24,25,26). The Labute approximate surface area is 196 Å². The number of anilines is 3. The Morgan fingerprint density at radius 2 is 1.71 bits per heavy atom. The Bertz CT molecular complexity index is 1410. The molecule has 2 heterocycles. The van der Waals surface area contributed by atoms with Crippen LogP contribution in [0.2, 0.25) is 0 Å². The first kappa shape index (κ1) is 23.1. The van der Waals surface area contributed by atoms with E-state index in [-0.39, 0.29) is 6.42 Å². The number of aromatic nitrogens is 4. The molecule has 0 radical (unpaired) electrons. The molecule has 2 aromatic heterocycles. The predicted octanol–water partition coefficient (Wildman–Crippen LogP) is 2.86. The molecule has 2 aromatic carbocycles. The zero-order valence-electron chi connectivity index (χ0n) is 19.1. The number of nitrogens with zero attached hydrogens (tertiary/aromatic N) is 4. The van der Waals surface area contributed by atoms with Crippen molar-refractivity contribution in [1.29, 1.82) is 0 Å². The zero-order chi connectivity index (χ0) is 24.3. The maximum atomic E-state index is 11.8. The van der Waals surface area contributed by atoms with Crippen molar-refractivity contribution in [2.24, 2.45) is 0 Å². The number of imidazole rings is 1. The molecule has 0 bridgehead atoms. The van der Waals surface area contributed by atoms with E-state index in [1.165, 1.54) is 7.11 Å².